The summed E-state index contributed by atoms with van der Waals surface area (Å²) in [5.74, 6) is -1.15. The van der Waals surface area contributed by atoms with Gasteiger partial charge < -0.3 is 10.2 Å². The number of aromatic nitrogens is 1. The maximum absolute atomic E-state index is 10.8. The van der Waals surface area contributed by atoms with E-state index in [0.29, 0.717) is 10.8 Å². The van der Waals surface area contributed by atoms with Crippen molar-refractivity contribution in [1.29, 1.82) is 0 Å². The second-order valence-electron chi connectivity index (χ2n) is 3.93. The maximum Gasteiger partial charge on any atom is 0.355 e. The quantitative estimate of drug-likeness (QED) is 0.853. The zero-order chi connectivity index (χ0) is 14.5. The van der Waals surface area contributed by atoms with E-state index in [1.807, 2.05) is 24.3 Å². The lowest BCUT2D eigenvalue weighted by Gasteiger charge is -2.01. The zero-order valence-electron chi connectivity index (χ0n) is 10.3. The first-order valence-corrected chi connectivity index (χ1v) is 7.67. The third kappa shape index (κ3) is 3.82. The van der Waals surface area contributed by atoms with Crippen molar-refractivity contribution >= 4 is 35.0 Å². The Kier molecular flexibility index (Phi) is 4.75. The highest BCUT2D eigenvalue weighted by Crippen LogP contribution is 2.25. The van der Waals surface area contributed by atoms with Crippen LogP contribution in [-0.4, -0.2) is 32.9 Å². The molecule has 1 aromatic heterocycles. The molecule has 5 nitrogen and oxygen atoms in total. The van der Waals surface area contributed by atoms with Crippen LogP contribution in [0.5, 0.6) is 0 Å². The van der Waals surface area contributed by atoms with E-state index >= 15 is 0 Å². The third-order valence-corrected chi connectivity index (χ3v) is 4.30. The van der Waals surface area contributed by atoms with Gasteiger partial charge in [0.1, 0.15) is 5.01 Å². The summed E-state index contributed by atoms with van der Waals surface area (Å²) in [5.41, 5.74) is 1.93. The van der Waals surface area contributed by atoms with E-state index in [9.17, 15) is 9.59 Å². The molecule has 0 radical (unpaired) electrons. The molecular formula is C13H11NO4S2. The Bertz CT molecular complexity index is 622. The largest absolute Gasteiger partial charge is 0.481 e. The average molecular weight is 309 g/mol. The number of rotatable bonds is 6. The molecule has 0 amide bonds. The van der Waals surface area contributed by atoms with Crippen molar-refractivity contribution in [2.24, 2.45) is 0 Å². The molecule has 0 unspecified atom stereocenters. The highest BCUT2D eigenvalue weighted by atomic mass is 32.2. The predicted molar refractivity (Wildman–Crippen MR) is 78.3 cm³/mol. The number of carboxylic acid groups (broad SMARTS) is 2. The summed E-state index contributed by atoms with van der Waals surface area (Å²) >= 11 is 2.62. The fourth-order valence-electron chi connectivity index (χ4n) is 1.50. The summed E-state index contributed by atoms with van der Waals surface area (Å²) in [6.07, 6.45) is 0. The lowest BCUT2D eigenvalue weighted by Crippen LogP contribution is -1.98. The van der Waals surface area contributed by atoms with E-state index < -0.39 is 11.9 Å². The van der Waals surface area contributed by atoms with Crippen molar-refractivity contribution in [2.45, 2.75) is 5.75 Å². The summed E-state index contributed by atoms with van der Waals surface area (Å²) in [4.78, 5) is 25.2. The molecule has 0 fully saturated rings. The molecule has 0 aliphatic rings. The first-order chi connectivity index (χ1) is 9.56. The normalized spacial score (nSPS) is 10.4. The van der Waals surface area contributed by atoms with Crippen LogP contribution in [0.25, 0.3) is 10.6 Å². The standard InChI is InChI=1S/C13H11NO4S2/c15-11(16)7-19-5-8-1-3-9(4-2-8)12-14-10(6-20-12)13(17)18/h1-4,6H,5,7H2,(H,15,16)(H,17,18). The summed E-state index contributed by atoms with van der Waals surface area (Å²) in [6.45, 7) is 0. The van der Waals surface area contributed by atoms with Crippen molar-refractivity contribution in [3.63, 3.8) is 0 Å². The number of benzene rings is 1. The van der Waals surface area contributed by atoms with Gasteiger partial charge in [-0.2, -0.15) is 0 Å². The SMILES string of the molecule is O=C(O)CSCc1ccc(-c2nc(C(=O)O)cs2)cc1. The second-order valence-corrected chi connectivity index (χ2v) is 5.77. The molecule has 2 N–H and O–H groups in total. The molecule has 1 heterocycles. The van der Waals surface area contributed by atoms with Gasteiger partial charge in [0.25, 0.3) is 0 Å². The summed E-state index contributed by atoms with van der Waals surface area (Å²) in [6, 6.07) is 7.51. The Balaban J connectivity index is 2.03. The minimum atomic E-state index is -1.03. The fraction of sp³-hybridized carbons (Fsp3) is 0.154. The van der Waals surface area contributed by atoms with Gasteiger partial charge in [-0.05, 0) is 5.56 Å². The number of thioether (sulfide) groups is 1. The highest BCUT2D eigenvalue weighted by Gasteiger charge is 2.10. The fourth-order valence-corrected chi connectivity index (χ4v) is 3.01. The van der Waals surface area contributed by atoms with Crippen molar-refractivity contribution in [3.05, 3.63) is 40.9 Å². The van der Waals surface area contributed by atoms with Crippen LogP contribution < -0.4 is 0 Å². The van der Waals surface area contributed by atoms with Crippen molar-refractivity contribution in [1.82, 2.24) is 4.98 Å². The molecule has 7 heteroatoms. The summed E-state index contributed by atoms with van der Waals surface area (Å²) in [5, 5.41) is 19.5. The number of carbonyl (C=O) groups is 2. The molecule has 0 bridgehead atoms. The van der Waals surface area contributed by atoms with Crippen molar-refractivity contribution in [3.8, 4) is 10.6 Å². The molecule has 20 heavy (non-hydrogen) atoms. The molecule has 0 saturated carbocycles. The van der Waals surface area contributed by atoms with Gasteiger partial charge >= 0.3 is 11.9 Å². The van der Waals surface area contributed by atoms with Crippen LogP contribution in [0.4, 0.5) is 0 Å². The molecule has 1 aromatic carbocycles. The molecule has 0 atom stereocenters. The monoisotopic (exact) mass is 309 g/mol. The Morgan fingerprint density at radius 2 is 1.90 bits per heavy atom. The van der Waals surface area contributed by atoms with E-state index in [4.69, 9.17) is 10.2 Å². The Morgan fingerprint density at radius 1 is 1.20 bits per heavy atom. The van der Waals surface area contributed by atoms with Gasteiger partial charge in [-0.3, -0.25) is 4.79 Å². The molecule has 2 rings (SSSR count). The lowest BCUT2D eigenvalue weighted by atomic mass is 10.2. The maximum atomic E-state index is 10.8. The van der Waals surface area contributed by atoms with Gasteiger partial charge in [0.15, 0.2) is 5.69 Å². The predicted octanol–water partition coefficient (Wildman–Crippen LogP) is 2.83. The van der Waals surface area contributed by atoms with Gasteiger partial charge in [-0.1, -0.05) is 24.3 Å². The highest BCUT2D eigenvalue weighted by molar-refractivity contribution is 7.99. The molecule has 2 aromatic rings. The van der Waals surface area contributed by atoms with E-state index in [0.717, 1.165) is 11.1 Å². The molecule has 0 saturated heterocycles. The van der Waals surface area contributed by atoms with Crippen LogP contribution in [0.15, 0.2) is 29.6 Å². The second kappa shape index (κ2) is 6.53. The molecule has 0 spiro atoms. The smallest absolute Gasteiger partial charge is 0.355 e. The Morgan fingerprint density at radius 3 is 2.45 bits per heavy atom. The minimum absolute atomic E-state index is 0.0473. The van der Waals surface area contributed by atoms with Gasteiger partial charge in [0, 0.05) is 16.7 Å². The first-order valence-electron chi connectivity index (χ1n) is 5.64. The molecule has 0 aliphatic heterocycles. The van der Waals surface area contributed by atoms with Crippen LogP contribution in [0.3, 0.4) is 0 Å². The molecule has 104 valence electrons. The molecular weight excluding hydrogens is 298 g/mol. The Labute approximate surface area is 123 Å². The van der Waals surface area contributed by atoms with Crippen LogP contribution in [-0.2, 0) is 10.5 Å². The zero-order valence-corrected chi connectivity index (χ0v) is 11.9. The van der Waals surface area contributed by atoms with Crippen LogP contribution in [0, 0.1) is 0 Å². The number of aliphatic carboxylic acids is 1. The number of aromatic carboxylic acids is 1. The topological polar surface area (TPSA) is 87.5 Å². The van der Waals surface area contributed by atoms with E-state index in [1.165, 1.54) is 28.5 Å². The molecule has 0 aliphatic carbocycles. The Hall–Kier alpha value is -1.86. The van der Waals surface area contributed by atoms with Gasteiger partial charge in [0.05, 0.1) is 5.75 Å². The van der Waals surface area contributed by atoms with Gasteiger partial charge in [0.2, 0.25) is 0 Å². The van der Waals surface area contributed by atoms with Crippen LogP contribution >= 0.6 is 23.1 Å². The van der Waals surface area contributed by atoms with Gasteiger partial charge in [-0.25, -0.2) is 9.78 Å². The van der Waals surface area contributed by atoms with Crippen molar-refractivity contribution in [2.75, 3.05) is 5.75 Å². The van der Waals surface area contributed by atoms with Crippen LogP contribution in [0.1, 0.15) is 16.1 Å². The van der Waals surface area contributed by atoms with E-state index in [1.54, 1.807) is 0 Å². The number of carboxylic acids is 2. The number of hydrogen-bond acceptors (Lipinski definition) is 5. The van der Waals surface area contributed by atoms with E-state index in [2.05, 4.69) is 4.98 Å². The summed E-state index contributed by atoms with van der Waals surface area (Å²) in [7, 11) is 0. The summed E-state index contributed by atoms with van der Waals surface area (Å²) < 4.78 is 0. The average Bonchev–Trinajstić information content (AvgIpc) is 2.89. The van der Waals surface area contributed by atoms with Gasteiger partial charge in [-0.15, -0.1) is 23.1 Å². The lowest BCUT2D eigenvalue weighted by molar-refractivity contribution is -0.133. The number of hydrogen-bond donors (Lipinski definition) is 2. The third-order valence-electron chi connectivity index (χ3n) is 2.42. The van der Waals surface area contributed by atoms with Crippen molar-refractivity contribution < 1.29 is 19.8 Å². The minimum Gasteiger partial charge on any atom is -0.481 e. The number of nitrogens with zero attached hydrogens (tertiary/aromatic N) is 1. The van der Waals surface area contributed by atoms with Crippen LogP contribution in [0.2, 0.25) is 0 Å². The number of thiazole rings is 1. The first kappa shape index (κ1) is 14.5. The van der Waals surface area contributed by atoms with E-state index in [-0.39, 0.29) is 11.4 Å².